The summed E-state index contributed by atoms with van der Waals surface area (Å²) in [5.74, 6) is -0.0538. The third kappa shape index (κ3) is 3.28. The van der Waals surface area contributed by atoms with Crippen molar-refractivity contribution < 1.29 is 4.79 Å². The van der Waals surface area contributed by atoms with E-state index >= 15 is 0 Å². The average Bonchev–Trinajstić information content (AvgIpc) is 3.09. The molecular weight excluding hydrogens is 294 g/mol. The Labute approximate surface area is 132 Å². The van der Waals surface area contributed by atoms with Gasteiger partial charge in [0.2, 0.25) is 5.91 Å². The van der Waals surface area contributed by atoms with E-state index in [4.69, 9.17) is 0 Å². The number of likely N-dealkylation sites (N-methyl/N-ethyl adjacent to an activating group) is 1. The minimum absolute atomic E-state index is 0.0538. The number of rotatable bonds is 5. The Balaban J connectivity index is 1.72. The summed E-state index contributed by atoms with van der Waals surface area (Å²) in [6.07, 6.45) is 3.71. The first-order valence-electron chi connectivity index (χ1n) is 7.33. The lowest BCUT2D eigenvalue weighted by Gasteiger charge is -2.17. The lowest BCUT2D eigenvalue weighted by atomic mass is 10.1. The molecule has 1 N–H and O–H groups in total. The van der Waals surface area contributed by atoms with Crippen LogP contribution in [0.1, 0.15) is 5.69 Å². The summed E-state index contributed by atoms with van der Waals surface area (Å²) in [5.41, 5.74) is 0.333. The molecule has 0 aliphatic rings. The normalized spacial score (nSPS) is 10.8. The van der Waals surface area contributed by atoms with E-state index in [0.29, 0.717) is 29.6 Å². The molecule has 0 fully saturated rings. The molecule has 3 rings (SSSR count). The van der Waals surface area contributed by atoms with E-state index in [0.717, 1.165) is 0 Å². The number of carbonyl (C=O) groups excluding carboxylic acids is 1. The monoisotopic (exact) mass is 311 g/mol. The first kappa shape index (κ1) is 15.0. The van der Waals surface area contributed by atoms with Gasteiger partial charge < -0.3 is 4.90 Å². The van der Waals surface area contributed by atoms with Gasteiger partial charge in [0.1, 0.15) is 0 Å². The summed E-state index contributed by atoms with van der Waals surface area (Å²) in [4.78, 5) is 25.8. The number of nitrogens with zero attached hydrogens (tertiary/aromatic N) is 4. The van der Waals surface area contributed by atoms with Crippen LogP contribution >= 0.6 is 0 Å². The molecule has 7 heteroatoms. The lowest BCUT2D eigenvalue weighted by molar-refractivity contribution is -0.129. The number of carbonyl (C=O) groups is 1. The standard InChI is InChI=1S/C16H17N5O2/c1-20(9-10-21-8-4-7-17-21)15(22)11-14-12-5-2-3-6-13(12)16(23)19-18-14/h2-8H,9-11H2,1H3,(H,19,23). The number of amides is 1. The molecule has 0 radical (unpaired) electrons. The second-order valence-electron chi connectivity index (χ2n) is 5.31. The predicted octanol–water partition coefficient (Wildman–Crippen LogP) is 0.821. The molecule has 0 saturated heterocycles. The van der Waals surface area contributed by atoms with Crippen molar-refractivity contribution in [2.75, 3.05) is 13.6 Å². The quantitative estimate of drug-likeness (QED) is 0.756. The van der Waals surface area contributed by atoms with Crippen LogP contribution in [0.15, 0.2) is 47.5 Å². The maximum absolute atomic E-state index is 12.4. The molecular formula is C16H17N5O2. The highest BCUT2D eigenvalue weighted by atomic mass is 16.2. The first-order valence-corrected chi connectivity index (χ1v) is 7.33. The molecule has 118 valence electrons. The summed E-state index contributed by atoms with van der Waals surface area (Å²) in [7, 11) is 1.75. The van der Waals surface area contributed by atoms with Gasteiger partial charge in [-0.3, -0.25) is 14.3 Å². The van der Waals surface area contributed by atoms with E-state index in [9.17, 15) is 9.59 Å². The smallest absolute Gasteiger partial charge is 0.272 e. The zero-order chi connectivity index (χ0) is 16.2. The molecule has 1 amide bonds. The number of nitrogens with one attached hydrogen (secondary N) is 1. The van der Waals surface area contributed by atoms with Crippen molar-refractivity contribution in [3.63, 3.8) is 0 Å². The Hall–Kier alpha value is -2.96. The summed E-state index contributed by atoms with van der Waals surface area (Å²) < 4.78 is 1.78. The van der Waals surface area contributed by atoms with Crippen LogP contribution in [-0.4, -0.2) is 44.4 Å². The van der Waals surface area contributed by atoms with Gasteiger partial charge in [0.05, 0.1) is 24.0 Å². The van der Waals surface area contributed by atoms with Gasteiger partial charge >= 0.3 is 0 Å². The first-order chi connectivity index (χ1) is 11.1. The highest BCUT2D eigenvalue weighted by molar-refractivity contribution is 5.88. The zero-order valence-electron chi connectivity index (χ0n) is 12.8. The van der Waals surface area contributed by atoms with Crippen LogP contribution in [0.4, 0.5) is 0 Å². The van der Waals surface area contributed by atoms with E-state index in [1.165, 1.54) is 0 Å². The molecule has 7 nitrogen and oxygen atoms in total. The van der Waals surface area contributed by atoms with E-state index in [1.807, 2.05) is 24.4 Å². The van der Waals surface area contributed by atoms with Crippen LogP contribution in [0.2, 0.25) is 0 Å². The van der Waals surface area contributed by atoms with Crippen molar-refractivity contribution in [3.05, 3.63) is 58.8 Å². The highest BCUT2D eigenvalue weighted by Crippen LogP contribution is 2.13. The third-order valence-electron chi connectivity index (χ3n) is 3.74. The lowest BCUT2D eigenvalue weighted by Crippen LogP contribution is -2.32. The number of H-pyrrole nitrogens is 1. The fourth-order valence-corrected chi connectivity index (χ4v) is 2.39. The SMILES string of the molecule is CN(CCn1cccn1)C(=O)Cc1n[nH]c(=O)c2ccccc12. The number of aromatic nitrogens is 4. The molecule has 23 heavy (non-hydrogen) atoms. The van der Waals surface area contributed by atoms with Gasteiger partial charge in [-0.2, -0.15) is 10.2 Å². The molecule has 0 spiro atoms. The van der Waals surface area contributed by atoms with Crippen LogP contribution in [0.25, 0.3) is 10.8 Å². The molecule has 0 unspecified atom stereocenters. The third-order valence-corrected chi connectivity index (χ3v) is 3.74. The fourth-order valence-electron chi connectivity index (χ4n) is 2.39. The zero-order valence-corrected chi connectivity index (χ0v) is 12.8. The molecule has 0 bridgehead atoms. The van der Waals surface area contributed by atoms with E-state index in [1.54, 1.807) is 35.0 Å². The Morgan fingerprint density at radius 2 is 2.04 bits per heavy atom. The molecule has 0 saturated carbocycles. The molecule has 2 aromatic heterocycles. The number of aromatic amines is 1. The van der Waals surface area contributed by atoms with Gasteiger partial charge in [0.15, 0.2) is 0 Å². The van der Waals surface area contributed by atoms with Crippen LogP contribution in [0.5, 0.6) is 0 Å². The van der Waals surface area contributed by atoms with Crippen LogP contribution in [0.3, 0.4) is 0 Å². The van der Waals surface area contributed by atoms with Crippen molar-refractivity contribution in [2.24, 2.45) is 0 Å². The summed E-state index contributed by atoms with van der Waals surface area (Å²) in [6, 6.07) is 9.01. The minimum Gasteiger partial charge on any atom is -0.344 e. The van der Waals surface area contributed by atoms with Crippen LogP contribution in [0, 0.1) is 0 Å². The number of benzene rings is 1. The van der Waals surface area contributed by atoms with E-state index < -0.39 is 0 Å². The predicted molar refractivity (Wildman–Crippen MR) is 85.9 cm³/mol. The van der Waals surface area contributed by atoms with Gasteiger partial charge in [-0.1, -0.05) is 18.2 Å². The van der Waals surface area contributed by atoms with Crippen molar-refractivity contribution >= 4 is 16.7 Å². The van der Waals surface area contributed by atoms with Crippen molar-refractivity contribution in [1.82, 2.24) is 24.9 Å². The van der Waals surface area contributed by atoms with Gasteiger partial charge in [-0.25, -0.2) is 5.10 Å². The molecule has 1 aromatic carbocycles. The minimum atomic E-state index is -0.246. The number of hydrogen-bond donors (Lipinski definition) is 1. The highest BCUT2D eigenvalue weighted by Gasteiger charge is 2.14. The second kappa shape index (κ2) is 6.43. The van der Waals surface area contributed by atoms with Gasteiger partial charge in [-0.15, -0.1) is 0 Å². The molecule has 0 atom stereocenters. The fraction of sp³-hybridized carbons (Fsp3) is 0.250. The van der Waals surface area contributed by atoms with Gasteiger partial charge in [0.25, 0.3) is 5.56 Å². The summed E-state index contributed by atoms with van der Waals surface area (Å²) >= 11 is 0. The average molecular weight is 311 g/mol. The van der Waals surface area contributed by atoms with Crippen LogP contribution in [-0.2, 0) is 17.8 Å². The van der Waals surface area contributed by atoms with E-state index in [2.05, 4.69) is 15.3 Å². The topological polar surface area (TPSA) is 83.9 Å². The van der Waals surface area contributed by atoms with Crippen LogP contribution < -0.4 is 5.56 Å². The number of fused-ring (bicyclic) bond motifs is 1. The Bertz CT molecular complexity index is 870. The summed E-state index contributed by atoms with van der Waals surface area (Å²) in [6.45, 7) is 1.19. The van der Waals surface area contributed by atoms with Crippen molar-refractivity contribution in [1.29, 1.82) is 0 Å². The Morgan fingerprint density at radius 3 is 2.78 bits per heavy atom. The maximum atomic E-state index is 12.4. The number of hydrogen-bond acceptors (Lipinski definition) is 4. The molecule has 2 heterocycles. The largest absolute Gasteiger partial charge is 0.344 e. The van der Waals surface area contributed by atoms with Gasteiger partial charge in [0, 0.05) is 31.4 Å². The maximum Gasteiger partial charge on any atom is 0.272 e. The molecule has 0 aliphatic carbocycles. The van der Waals surface area contributed by atoms with E-state index in [-0.39, 0.29) is 17.9 Å². The second-order valence-corrected chi connectivity index (χ2v) is 5.31. The summed E-state index contributed by atoms with van der Waals surface area (Å²) in [5, 5.41) is 11.9. The van der Waals surface area contributed by atoms with Crippen molar-refractivity contribution in [3.8, 4) is 0 Å². The Morgan fingerprint density at radius 1 is 1.26 bits per heavy atom. The molecule has 0 aliphatic heterocycles. The Kier molecular flexibility index (Phi) is 4.18. The van der Waals surface area contributed by atoms with Crippen molar-refractivity contribution in [2.45, 2.75) is 13.0 Å². The van der Waals surface area contributed by atoms with Gasteiger partial charge in [-0.05, 0) is 12.1 Å². The molecule has 3 aromatic rings.